The van der Waals surface area contributed by atoms with Crippen LogP contribution in [0.5, 0.6) is 0 Å². The lowest BCUT2D eigenvalue weighted by atomic mass is 9.70. The van der Waals surface area contributed by atoms with Crippen molar-refractivity contribution in [1.82, 2.24) is 15.3 Å². The summed E-state index contributed by atoms with van der Waals surface area (Å²) in [5, 5.41) is 11.5. The molecule has 1 aromatic carbocycles. The molecule has 0 unspecified atom stereocenters. The second-order valence-electron chi connectivity index (χ2n) is 8.96. The van der Waals surface area contributed by atoms with E-state index in [1.807, 2.05) is 6.07 Å². The molecule has 0 saturated carbocycles. The number of rotatable bonds is 9. The van der Waals surface area contributed by atoms with E-state index in [-0.39, 0.29) is 18.4 Å². The lowest BCUT2D eigenvalue weighted by Gasteiger charge is -2.37. The van der Waals surface area contributed by atoms with Crippen molar-refractivity contribution in [3.8, 4) is 0 Å². The molecule has 0 radical (unpaired) electrons. The summed E-state index contributed by atoms with van der Waals surface area (Å²) in [6.07, 6.45) is 4.22. The van der Waals surface area contributed by atoms with E-state index < -0.39 is 12.6 Å². The summed E-state index contributed by atoms with van der Waals surface area (Å²) < 4.78 is 4.87. The molecule has 3 atom stereocenters. The van der Waals surface area contributed by atoms with Crippen LogP contribution < -0.4 is 5.32 Å². The minimum Gasteiger partial charge on any atom is -0.480 e. The Balaban J connectivity index is 1.65. The largest absolute Gasteiger partial charge is 0.480 e. The van der Waals surface area contributed by atoms with Crippen molar-refractivity contribution in [3.63, 3.8) is 0 Å². The van der Waals surface area contributed by atoms with Gasteiger partial charge < -0.3 is 20.1 Å². The van der Waals surface area contributed by atoms with Crippen LogP contribution in [-0.4, -0.2) is 46.7 Å². The summed E-state index contributed by atoms with van der Waals surface area (Å²) in [4.78, 5) is 30.8. The number of aromatic nitrogens is 2. The molecule has 7 nitrogen and oxygen atoms in total. The summed E-state index contributed by atoms with van der Waals surface area (Å²) >= 11 is 0. The fraction of sp³-hybridized carbons (Fsp3) is 0.542. The molecular weight excluding hydrogens is 394 g/mol. The average molecular weight is 428 g/mol. The molecule has 0 fully saturated rings. The van der Waals surface area contributed by atoms with Crippen molar-refractivity contribution in [2.24, 2.45) is 23.7 Å². The van der Waals surface area contributed by atoms with E-state index in [1.165, 1.54) is 11.1 Å². The van der Waals surface area contributed by atoms with Gasteiger partial charge in [-0.3, -0.25) is 4.79 Å². The molecule has 1 aromatic heterocycles. The van der Waals surface area contributed by atoms with Crippen LogP contribution in [0.3, 0.4) is 0 Å². The van der Waals surface area contributed by atoms with E-state index in [0.717, 1.165) is 29.7 Å². The Hall–Kier alpha value is -2.67. The molecule has 0 bridgehead atoms. The third kappa shape index (κ3) is 5.94. The lowest BCUT2D eigenvalue weighted by Crippen LogP contribution is -2.38. The molecule has 1 aliphatic rings. The van der Waals surface area contributed by atoms with Gasteiger partial charge in [0.2, 0.25) is 5.91 Å². The van der Waals surface area contributed by atoms with Gasteiger partial charge in [0.1, 0.15) is 19.0 Å². The highest BCUT2D eigenvalue weighted by Crippen LogP contribution is 2.38. The van der Waals surface area contributed by atoms with Gasteiger partial charge in [0.25, 0.3) is 0 Å². The number of aromatic amines is 1. The number of hydrogen-bond acceptors (Lipinski definition) is 4. The molecule has 3 rings (SSSR count). The lowest BCUT2D eigenvalue weighted by molar-refractivity contribution is -0.143. The van der Waals surface area contributed by atoms with E-state index in [0.29, 0.717) is 24.3 Å². The van der Waals surface area contributed by atoms with Gasteiger partial charge in [-0.05, 0) is 55.6 Å². The van der Waals surface area contributed by atoms with Crippen LogP contribution in [0, 0.1) is 30.6 Å². The highest BCUT2D eigenvalue weighted by Gasteiger charge is 2.32. The normalized spacial score (nSPS) is 21.3. The highest BCUT2D eigenvalue weighted by atomic mass is 16.5. The van der Waals surface area contributed by atoms with Crippen LogP contribution >= 0.6 is 0 Å². The first-order valence-corrected chi connectivity index (χ1v) is 10.9. The number of ether oxygens (including phenoxy) is 1. The number of nitrogens with zero attached hydrogens (tertiary/aromatic N) is 1. The molecule has 3 N–H and O–H groups in total. The highest BCUT2D eigenvalue weighted by molar-refractivity contribution is 5.78. The molecule has 0 aliphatic heterocycles. The molecule has 7 heteroatoms. The maximum Gasteiger partial charge on any atom is 0.329 e. The molecule has 0 saturated heterocycles. The third-order valence-electron chi connectivity index (χ3n) is 6.28. The number of aliphatic carboxylic acids is 1. The first kappa shape index (κ1) is 23.0. The van der Waals surface area contributed by atoms with E-state index in [9.17, 15) is 9.59 Å². The molecule has 31 heavy (non-hydrogen) atoms. The number of fused-ring (bicyclic) bond motifs is 1. The monoisotopic (exact) mass is 427 g/mol. The number of carbonyl (C=O) groups excluding carboxylic acids is 1. The number of carboxylic acids is 1. The summed E-state index contributed by atoms with van der Waals surface area (Å²) in [5.41, 5.74) is 4.63. The number of hydrogen-bond donors (Lipinski definition) is 3. The predicted molar refractivity (Wildman–Crippen MR) is 120 cm³/mol. The number of carbonyl (C=O) groups is 2. The van der Waals surface area contributed by atoms with Crippen molar-refractivity contribution >= 4 is 22.9 Å². The maximum atomic E-state index is 12.0. The van der Waals surface area contributed by atoms with Gasteiger partial charge in [-0.25, -0.2) is 9.78 Å². The van der Waals surface area contributed by atoms with Crippen LogP contribution in [0.15, 0.2) is 29.8 Å². The van der Waals surface area contributed by atoms with Gasteiger partial charge in [-0.1, -0.05) is 37.6 Å². The molecule has 2 aromatic rings. The van der Waals surface area contributed by atoms with Crippen LogP contribution in [0.2, 0.25) is 0 Å². The summed E-state index contributed by atoms with van der Waals surface area (Å²) in [6.45, 7) is 8.54. The summed E-state index contributed by atoms with van der Waals surface area (Å²) in [7, 11) is 0. The number of amides is 1. The van der Waals surface area contributed by atoms with Gasteiger partial charge in [0.05, 0.1) is 11.0 Å². The van der Waals surface area contributed by atoms with Crippen molar-refractivity contribution in [1.29, 1.82) is 0 Å². The van der Waals surface area contributed by atoms with Crippen molar-refractivity contribution in [2.45, 2.75) is 40.5 Å². The Kier molecular flexibility index (Phi) is 7.49. The SMILES string of the molecule is CC1=C[C@@H](CNC(=O)COCC(=O)O)[C@H](C(C)C)C[C@H]1Cc1nc2c(C)cccc2[nH]1. The zero-order valence-electron chi connectivity index (χ0n) is 18.8. The smallest absolute Gasteiger partial charge is 0.329 e. The summed E-state index contributed by atoms with van der Waals surface area (Å²) in [5.74, 6) is 1.25. The Morgan fingerprint density at radius 2 is 2.06 bits per heavy atom. The number of imidazole rings is 1. The zero-order chi connectivity index (χ0) is 22.5. The van der Waals surface area contributed by atoms with E-state index >= 15 is 0 Å². The fourth-order valence-corrected chi connectivity index (χ4v) is 4.58. The number of H-pyrrole nitrogens is 1. The number of benzene rings is 1. The van der Waals surface area contributed by atoms with Crippen molar-refractivity contribution < 1.29 is 19.4 Å². The molecule has 1 aliphatic carbocycles. The van der Waals surface area contributed by atoms with Crippen LogP contribution in [-0.2, 0) is 20.7 Å². The average Bonchev–Trinajstić information content (AvgIpc) is 3.11. The number of nitrogens with one attached hydrogen (secondary N) is 2. The van der Waals surface area contributed by atoms with E-state index in [4.69, 9.17) is 14.8 Å². The second-order valence-corrected chi connectivity index (χ2v) is 8.96. The Morgan fingerprint density at radius 1 is 1.29 bits per heavy atom. The molecule has 168 valence electrons. The van der Waals surface area contributed by atoms with Crippen molar-refractivity contribution in [3.05, 3.63) is 41.2 Å². The van der Waals surface area contributed by atoms with Gasteiger partial charge in [-0.2, -0.15) is 0 Å². The van der Waals surface area contributed by atoms with Gasteiger partial charge in [0.15, 0.2) is 0 Å². The number of aryl methyl sites for hydroxylation is 1. The topological polar surface area (TPSA) is 104 Å². The first-order chi connectivity index (χ1) is 14.7. The first-order valence-electron chi connectivity index (χ1n) is 10.9. The maximum absolute atomic E-state index is 12.0. The van der Waals surface area contributed by atoms with Gasteiger partial charge >= 0.3 is 5.97 Å². The van der Waals surface area contributed by atoms with Gasteiger partial charge in [0, 0.05) is 13.0 Å². The van der Waals surface area contributed by atoms with Crippen LogP contribution in [0.1, 0.15) is 38.6 Å². The zero-order valence-corrected chi connectivity index (χ0v) is 18.8. The standard InChI is InChI=1S/C24H33N3O4/c1-14(2)19-9-17(10-21-26-20-7-5-6-15(3)24(20)27-21)16(4)8-18(19)11-25-22(28)12-31-13-23(29)30/h5-8,14,17-19H,9-13H2,1-4H3,(H,25,28)(H,26,27)(H,29,30)/t17-,18-,19-/m0/s1. The third-order valence-corrected chi connectivity index (χ3v) is 6.28. The Morgan fingerprint density at radius 3 is 2.74 bits per heavy atom. The predicted octanol–water partition coefficient (Wildman–Crippen LogP) is 3.49. The Bertz CT molecular complexity index is 963. The number of carboxylic acid groups (broad SMARTS) is 1. The van der Waals surface area contributed by atoms with E-state index in [2.05, 4.69) is 56.2 Å². The Labute approximate surface area is 183 Å². The minimum atomic E-state index is -1.08. The molecule has 1 heterocycles. The minimum absolute atomic E-state index is 0.234. The molecule has 0 spiro atoms. The van der Waals surface area contributed by atoms with E-state index in [1.54, 1.807) is 0 Å². The second kappa shape index (κ2) is 10.1. The van der Waals surface area contributed by atoms with Gasteiger partial charge in [-0.15, -0.1) is 0 Å². The quantitative estimate of drug-likeness (QED) is 0.532. The summed E-state index contributed by atoms with van der Waals surface area (Å²) in [6, 6.07) is 6.20. The number of para-hydroxylation sites is 1. The number of allylic oxidation sites excluding steroid dienone is 1. The van der Waals surface area contributed by atoms with Crippen LogP contribution in [0.25, 0.3) is 11.0 Å². The fourth-order valence-electron chi connectivity index (χ4n) is 4.58. The molecular formula is C24H33N3O4. The molecule has 1 amide bonds. The van der Waals surface area contributed by atoms with Crippen molar-refractivity contribution in [2.75, 3.05) is 19.8 Å². The van der Waals surface area contributed by atoms with Crippen LogP contribution in [0.4, 0.5) is 0 Å².